The number of anilines is 2. The van der Waals surface area contributed by atoms with Crippen LogP contribution < -0.4 is 15.5 Å². The molecule has 1 heterocycles. The van der Waals surface area contributed by atoms with Gasteiger partial charge in [-0.1, -0.05) is 42.5 Å². The lowest BCUT2D eigenvalue weighted by Crippen LogP contribution is -2.36. The fourth-order valence-electron chi connectivity index (χ4n) is 4.22. The molecule has 4 rings (SSSR count). The van der Waals surface area contributed by atoms with Gasteiger partial charge in [-0.15, -0.1) is 0 Å². The summed E-state index contributed by atoms with van der Waals surface area (Å²) in [6.45, 7) is 6.27. The van der Waals surface area contributed by atoms with Gasteiger partial charge in [0.1, 0.15) is 0 Å². The maximum atomic E-state index is 12.2. The zero-order valence-corrected chi connectivity index (χ0v) is 18.7. The van der Waals surface area contributed by atoms with E-state index < -0.39 is 11.8 Å². The molecule has 32 heavy (non-hydrogen) atoms. The van der Waals surface area contributed by atoms with E-state index >= 15 is 0 Å². The topological polar surface area (TPSA) is 61.4 Å². The first kappa shape index (κ1) is 21.6. The lowest BCUT2D eigenvalue weighted by atomic mass is 9.99. The zero-order chi connectivity index (χ0) is 22.5. The molecule has 3 aromatic rings. The van der Waals surface area contributed by atoms with E-state index in [0.717, 1.165) is 36.2 Å². The Morgan fingerprint density at radius 3 is 2.28 bits per heavy atom. The SMILES string of the molecule is Cc1cc(C)cc(NC(=O)C(=O)NCCc2ccc(N3CCc4ccccc4C3)cc2)c1. The summed E-state index contributed by atoms with van der Waals surface area (Å²) in [6.07, 6.45) is 1.74. The Labute approximate surface area is 189 Å². The van der Waals surface area contributed by atoms with E-state index in [1.807, 2.05) is 32.0 Å². The lowest BCUT2D eigenvalue weighted by molar-refractivity contribution is -0.136. The fraction of sp³-hybridized carbons (Fsp3) is 0.259. The van der Waals surface area contributed by atoms with Crippen molar-refractivity contribution in [3.63, 3.8) is 0 Å². The van der Waals surface area contributed by atoms with Gasteiger partial charge < -0.3 is 15.5 Å². The van der Waals surface area contributed by atoms with Crippen LogP contribution in [-0.4, -0.2) is 24.9 Å². The number of hydrogen-bond acceptors (Lipinski definition) is 3. The highest BCUT2D eigenvalue weighted by molar-refractivity contribution is 6.39. The normalized spacial score (nSPS) is 12.8. The highest BCUT2D eigenvalue weighted by Gasteiger charge is 2.16. The van der Waals surface area contributed by atoms with Crippen LogP contribution in [0, 0.1) is 13.8 Å². The summed E-state index contributed by atoms with van der Waals surface area (Å²) in [5, 5.41) is 5.37. The number of nitrogens with one attached hydrogen (secondary N) is 2. The van der Waals surface area contributed by atoms with E-state index in [1.54, 1.807) is 0 Å². The molecule has 0 spiro atoms. The number of carbonyl (C=O) groups excluding carboxylic acids is 2. The zero-order valence-electron chi connectivity index (χ0n) is 18.7. The number of amides is 2. The number of nitrogens with zero attached hydrogens (tertiary/aromatic N) is 1. The molecule has 5 heteroatoms. The second kappa shape index (κ2) is 9.69. The van der Waals surface area contributed by atoms with Crippen molar-refractivity contribution < 1.29 is 9.59 Å². The summed E-state index contributed by atoms with van der Waals surface area (Å²) in [7, 11) is 0. The first-order valence-corrected chi connectivity index (χ1v) is 11.1. The first-order valence-electron chi connectivity index (χ1n) is 11.1. The second-order valence-electron chi connectivity index (χ2n) is 8.44. The minimum Gasteiger partial charge on any atom is -0.367 e. The minimum atomic E-state index is -0.643. The standard InChI is InChI=1S/C27H29N3O2/c1-19-15-20(2)17-24(16-19)29-27(32)26(31)28-13-11-21-7-9-25(10-8-21)30-14-12-22-5-3-4-6-23(22)18-30/h3-10,15-17H,11-14,18H2,1-2H3,(H,28,31)(H,29,32). The molecular weight excluding hydrogens is 398 g/mol. The number of fused-ring (bicyclic) bond motifs is 1. The Morgan fingerprint density at radius 1 is 0.875 bits per heavy atom. The van der Waals surface area contributed by atoms with Crippen LogP contribution in [0.5, 0.6) is 0 Å². The summed E-state index contributed by atoms with van der Waals surface area (Å²) < 4.78 is 0. The molecule has 0 unspecified atom stereocenters. The third kappa shape index (κ3) is 5.35. The predicted octanol–water partition coefficient (Wildman–Crippen LogP) is 4.16. The maximum absolute atomic E-state index is 12.2. The van der Waals surface area contributed by atoms with Crippen molar-refractivity contribution in [1.29, 1.82) is 0 Å². The van der Waals surface area contributed by atoms with Gasteiger partial charge in [-0.2, -0.15) is 0 Å². The van der Waals surface area contributed by atoms with Crippen LogP contribution in [0.1, 0.15) is 27.8 Å². The van der Waals surface area contributed by atoms with Crippen LogP contribution in [0.4, 0.5) is 11.4 Å². The fourth-order valence-corrected chi connectivity index (χ4v) is 4.22. The van der Waals surface area contributed by atoms with E-state index in [4.69, 9.17) is 0 Å². The molecule has 0 aliphatic carbocycles. The molecule has 0 bridgehead atoms. The Balaban J connectivity index is 1.25. The van der Waals surface area contributed by atoms with Crippen LogP contribution in [0.25, 0.3) is 0 Å². The van der Waals surface area contributed by atoms with Gasteiger partial charge >= 0.3 is 11.8 Å². The Morgan fingerprint density at radius 2 is 1.56 bits per heavy atom. The molecule has 3 aromatic carbocycles. The molecule has 0 saturated carbocycles. The smallest absolute Gasteiger partial charge is 0.313 e. The van der Waals surface area contributed by atoms with Crippen LogP contribution in [0.3, 0.4) is 0 Å². The Hall–Kier alpha value is -3.60. The van der Waals surface area contributed by atoms with Crippen molar-refractivity contribution >= 4 is 23.2 Å². The van der Waals surface area contributed by atoms with Gasteiger partial charge in [-0.3, -0.25) is 9.59 Å². The lowest BCUT2D eigenvalue weighted by Gasteiger charge is -2.30. The quantitative estimate of drug-likeness (QED) is 0.601. The number of rotatable bonds is 5. The van der Waals surface area contributed by atoms with E-state index in [1.165, 1.54) is 16.8 Å². The van der Waals surface area contributed by atoms with E-state index in [9.17, 15) is 9.59 Å². The van der Waals surface area contributed by atoms with Crippen molar-refractivity contribution in [1.82, 2.24) is 5.32 Å². The molecule has 2 amide bonds. The van der Waals surface area contributed by atoms with E-state index in [0.29, 0.717) is 18.7 Å². The van der Waals surface area contributed by atoms with Crippen molar-refractivity contribution in [2.75, 3.05) is 23.3 Å². The Bertz CT molecular complexity index is 1100. The summed E-state index contributed by atoms with van der Waals surface area (Å²) in [6, 6.07) is 22.8. The van der Waals surface area contributed by atoms with Gasteiger partial charge in [0.05, 0.1) is 0 Å². The molecule has 0 saturated heterocycles. The molecule has 164 valence electrons. The third-order valence-corrected chi connectivity index (χ3v) is 5.82. The molecule has 0 atom stereocenters. The van der Waals surface area contributed by atoms with E-state index in [2.05, 4.69) is 64.1 Å². The Kier molecular flexibility index (Phi) is 6.55. The van der Waals surface area contributed by atoms with Crippen molar-refractivity contribution in [2.45, 2.75) is 33.2 Å². The summed E-state index contributed by atoms with van der Waals surface area (Å²) in [4.78, 5) is 26.7. The molecule has 1 aliphatic rings. The minimum absolute atomic E-state index is 0.412. The van der Waals surface area contributed by atoms with Gasteiger partial charge in [-0.25, -0.2) is 0 Å². The van der Waals surface area contributed by atoms with Crippen LogP contribution >= 0.6 is 0 Å². The largest absolute Gasteiger partial charge is 0.367 e. The summed E-state index contributed by atoms with van der Waals surface area (Å²) >= 11 is 0. The first-order chi connectivity index (χ1) is 15.5. The number of carbonyl (C=O) groups is 2. The van der Waals surface area contributed by atoms with Crippen LogP contribution in [0.2, 0.25) is 0 Å². The number of benzene rings is 3. The van der Waals surface area contributed by atoms with Gasteiger partial charge in [-0.05, 0) is 78.8 Å². The average Bonchev–Trinajstić information content (AvgIpc) is 2.78. The number of hydrogen-bond donors (Lipinski definition) is 2. The van der Waals surface area contributed by atoms with Crippen molar-refractivity contribution in [3.05, 3.63) is 94.5 Å². The summed E-state index contributed by atoms with van der Waals surface area (Å²) in [5.74, 6) is -1.26. The van der Waals surface area contributed by atoms with Gasteiger partial charge in [0.15, 0.2) is 0 Å². The number of aryl methyl sites for hydroxylation is 2. The van der Waals surface area contributed by atoms with Gasteiger partial charge in [0.25, 0.3) is 0 Å². The highest BCUT2D eigenvalue weighted by Crippen LogP contribution is 2.24. The molecule has 1 aliphatic heterocycles. The summed E-state index contributed by atoms with van der Waals surface area (Å²) in [5.41, 5.74) is 7.89. The van der Waals surface area contributed by atoms with Crippen LogP contribution in [0.15, 0.2) is 66.7 Å². The maximum Gasteiger partial charge on any atom is 0.313 e. The van der Waals surface area contributed by atoms with E-state index in [-0.39, 0.29) is 0 Å². The van der Waals surface area contributed by atoms with Crippen LogP contribution in [-0.2, 0) is 29.0 Å². The monoisotopic (exact) mass is 427 g/mol. The predicted molar refractivity (Wildman–Crippen MR) is 129 cm³/mol. The van der Waals surface area contributed by atoms with Crippen molar-refractivity contribution in [2.24, 2.45) is 0 Å². The molecule has 0 radical (unpaired) electrons. The van der Waals surface area contributed by atoms with Gasteiger partial charge in [0.2, 0.25) is 0 Å². The third-order valence-electron chi connectivity index (χ3n) is 5.82. The molecular formula is C27H29N3O2. The van der Waals surface area contributed by atoms with Gasteiger partial charge in [0, 0.05) is 31.0 Å². The highest BCUT2D eigenvalue weighted by atomic mass is 16.2. The van der Waals surface area contributed by atoms with Crippen molar-refractivity contribution in [3.8, 4) is 0 Å². The molecule has 0 aromatic heterocycles. The molecule has 5 nitrogen and oxygen atoms in total. The average molecular weight is 428 g/mol. The molecule has 2 N–H and O–H groups in total. The molecule has 0 fully saturated rings. The second-order valence-corrected chi connectivity index (χ2v) is 8.44.